The molecule has 0 radical (unpaired) electrons. The van der Waals surface area contributed by atoms with Crippen molar-refractivity contribution in [3.63, 3.8) is 0 Å². The number of pyridine rings is 1. The van der Waals surface area contributed by atoms with Crippen molar-refractivity contribution in [2.75, 3.05) is 13.1 Å². The predicted octanol–water partition coefficient (Wildman–Crippen LogP) is 1.99. The topological polar surface area (TPSA) is 57.0 Å². The highest BCUT2D eigenvalue weighted by Gasteiger charge is 2.32. The van der Waals surface area contributed by atoms with Crippen molar-refractivity contribution < 1.29 is 9.18 Å². The number of nitrogens with zero attached hydrogens (tertiary/aromatic N) is 3. The van der Waals surface area contributed by atoms with Gasteiger partial charge in [0.2, 0.25) is 0 Å². The lowest BCUT2D eigenvalue weighted by Crippen LogP contribution is -2.41. The summed E-state index contributed by atoms with van der Waals surface area (Å²) >= 11 is 0. The Kier molecular flexibility index (Phi) is 3.28. The molecule has 2 heterocycles. The zero-order chi connectivity index (χ0) is 13.2. The molecule has 0 saturated carbocycles. The summed E-state index contributed by atoms with van der Waals surface area (Å²) in [6.07, 6.45) is 3.69. The highest BCUT2D eigenvalue weighted by atomic mass is 19.1. The van der Waals surface area contributed by atoms with Gasteiger partial charge < -0.3 is 4.90 Å². The van der Waals surface area contributed by atoms with Crippen molar-refractivity contribution in [3.05, 3.63) is 29.8 Å². The molecular formula is C13H14FN3O. The first-order chi connectivity index (χ1) is 8.56. The van der Waals surface area contributed by atoms with Crippen LogP contribution >= 0.6 is 0 Å². The number of piperidine rings is 1. The van der Waals surface area contributed by atoms with Gasteiger partial charge in [-0.1, -0.05) is 0 Å². The van der Waals surface area contributed by atoms with Crippen LogP contribution in [0.15, 0.2) is 18.5 Å². The van der Waals surface area contributed by atoms with E-state index in [-0.39, 0.29) is 16.9 Å². The van der Waals surface area contributed by atoms with Crippen LogP contribution in [0.25, 0.3) is 0 Å². The highest BCUT2D eigenvalue weighted by molar-refractivity contribution is 5.94. The molecular weight excluding hydrogens is 233 g/mol. The molecule has 1 fully saturated rings. The molecule has 1 aliphatic rings. The van der Waals surface area contributed by atoms with Crippen LogP contribution in [0.1, 0.15) is 30.1 Å². The number of hydrogen-bond donors (Lipinski definition) is 0. The lowest BCUT2D eigenvalue weighted by molar-refractivity contribution is 0.0657. The molecule has 0 atom stereocenters. The van der Waals surface area contributed by atoms with E-state index in [1.165, 1.54) is 12.3 Å². The van der Waals surface area contributed by atoms with Gasteiger partial charge in [0.15, 0.2) is 5.82 Å². The number of amides is 1. The van der Waals surface area contributed by atoms with E-state index in [1.807, 2.05) is 6.92 Å². The standard InChI is InChI=1S/C13H14FN3O/c1-13(9-15)3-6-17(7-4-13)12(18)10-2-5-16-8-11(10)14/h2,5,8H,3-4,6-7H2,1H3. The van der Waals surface area contributed by atoms with Crippen LogP contribution in [0.3, 0.4) is 0 Å². The maximum absolute atomic E-state index is 13.5. The molecule has 2 rings (SSSR count). The number of aromatic nitrogens is 1. The molecule has 0 spiro atoms. The molecule has 1 aromatic heterocycles. The van der Waals surface area contributed by atoms with Crippen LogP contribution < -0.4 is 0 Å². The van der Waals surface area contributed by atoms with Crippen molar-refractivity contribution in [1.82, 2.24) is 9.88 Å². The van der Waals surface area contributed by atoms with Gasteiger partial charge in [-0.2, -0.15) is 5.26 Å². The third kappa shape index (κ3) is 2.33. The Morgan fingerprint density at radius 1 is 1.56 bits per heavy atom. The minimum atomic E-state index is -0.601. The van der Waals surface area contributed by atoms with E-state index >= 15 is 0 Å². The van der Waals surface area contributed by atoms with Crippen LogP contribution in [-0.2, 0) is 0 Å². The van der Waals surface area contributed by atoms with Gasteiger partial charge >= 0.3 is 0 Å². The average Bonchev–Trinajstić information content (AvgIpc) is 2.39. The second-order valence-electron chi connectivity index (χ2n) is 4.82. The van der Waals surface area contributed by atoms with Gasteiger partial charge in [-0.15, -0.1) is 0 Å². The van der Waals surface area contributed by atoms with Crippen molar-refractivity contribution in [1.29, 1.82) is 5.26 Å². The van der Waals surface area contributed by atoms with Gasteiger partial charge in [-0.25, -0.2) is 4.39 Å². The van der Waals surface area contributed by atoms with E-state index in [1.54, 1.807) is 4.90 Å². The summed E-state index contributed by atoms with van der Waals surface area (Å²) in [6, 6.07) is 3.65. The Hall–Kier alpha value is -1.96. The van der Waals surface area contributed by atoms with E-state index in [2.05, 4.69) is 11.1 Å². The maximum Gasteiger partial charge on any atom is 0.256 e. The van der Waals surface area contributed by atoms with E-state index in [9.17, 15) is 9.18 Å². The predicted molar refractivity (Wildman–Crippen MR) is 63.1 cm³/mol. The smallest absolute Gasteiger partial charge is 0.256 e. The summed E-state index contributed by atoms with van der Waals surface area (Å²) in [6.45, 7) is 2.87. The number of carbonyl (C=O) groups excluding carboxylic acids is 1. The molecule has 94 valence electrons. The fourth-order valence-electron chi connectivity index (χ4n) is 2.03. The third-order valence-corrected chi connectivity index (χ3v) is 3.43. The monoisotopic (exact) mass is 247 g/mol. The molecule has 1 saturated heterocycles. The van der Waals surface area contributed by atoms with E-state index < -0.39 is 5.82 Å². The Balaban J connectivity index is 2.10. The van der Waals surface area contributed by atoms with Crippen molar-refractivity contribution in [3.8, 4) is 6.07 Å². The number of nitriles is 1. The van der Waals surface area contributed by atoms with Crippen LogP contribution in [0.4, 0.5) is 4.39 Å². The first-order valence-corrected chi connectivity index (χ1v) is 5.86. The first-order valence-electron chi connectivity index (χ1n) is 5.86. The van der Waals surface area contributed by atoms with Gasteiger partial charge in [-0.05, 0) is 25.8 Å². The summed E-state index contributed by atoms with van der Waals surface area (Å²) in [7, 11) is 0. The van der Waals surface area contributed by atoms with Crippen LogP contribution in [0.2, 0.25) is 0 Å². The number of hydrogen-bond acceptors (Lipinski definition) is 3. The lowest BCUT2D eigenvalue weighted by atomic mass is 9.82. The first kappa shape index (κ1) is 12.5. The third-order valence-electron chi connectivity index (χ3n) is 3.43. The zero-order valence-corrected chi connectivity index (χ0v) is 10.2. The lowest BCUT2D eigenvalue weighted by Gasteiger charge is -2.34. The summed E-state index contributed by atoms with van der Waals surface area (Å²) in [5, 5.41) is 9.01. The van der Waals surface area contributed by atoms with Crippen LogP contribution in [0, 0.1) is 22.6 Å². The van der Waals surface area contributed by atoms with Crippen LogP contribution in [0.5, 0.6) is 0 Å². The second kappa shape index (κ2) is 4.73. The van der Waals surface area contributed by atoms with Gasteiger partial charge in [0.25, 0.3) is 5.91 Å². The molecule has 1 amide bonds. The molecule has 0 aromatic carbocycles. The average molecular weight is 247 g/mol. The van der Waals surface area contributed by atoms with Gasteiger partial charge in [0.05, 0.1) is 23.2 Å². The van der Waals surface area contributed by atoms with Gasteiger partial charge in [0.1, 0.15) is 0 Å². The minimum absolute atomic E-state index is 0.0468. The largest absolute Gasteiger partial charge is 0.338 e. The van der Waals surface area contributed by atoms with E-state index in [4.69, 9.17) is 5.26 Å². The van der Waals surface area contributed by atoms with Crippen molar-refractivity contribution >= 4 is 5.91 Å². The molecule has 4 nitrogen and oxygen atoms in total. The second-order valence-corrected chi connectivity index (χ2v) is 4.82. The van der Waals surface area contributed by atoms with E-state index in [0.717, 1.165) is 6.20 Å². The summed E-state index contributed by atoms with van der Waals surface area (Å²) < 4.78 is 13.5. The molecule has 0 aliphatic carbocycles. The SMILES string of the molecule is CC1(C#N)CCN(C(=O)c2ccncc2F)CC1. The fourth-order valence-corrected chi connectivity index (χ4v) is 2.03. The minimum Gasteiger partial charge on any atom is -0.338 e. The van der Waals surface area contributed by atoms with Gasteiger partial charge in [-0.3, -0.25) is 9.78 Å². The summed E-state index contributed by atoms with van der Waals surface area (Å²) in [4.78, 5) is 17.3. The number of rotatable bonds is 1. The summed E-state index contributed by atoms with van der Waals surface area (Å²) in [5.74, 6) is -0.925. The van der Waals surface area contributed by atoms with Crippen molar-refractivity contribution in [2.24, 2.45) is 5.41 Å². The number of carbonyl (C=O) groups is 1. The molecule has 18 heavy (non-hydrogen) atoms. The van der Waals surface area contributed by atoms with Crippen LogP contribution in [-0.4, -0.2) is 28.9 Å². The Morgan fingerprint density at radius 3 is 2.78 bits per heavy atom. The molecule has 0 N–H and O–H groups in total. The maximum atomic E-state index is 13.5. The quantitative estimate of drug-likeness (QED) is 0.762. The Morgan fingerprint density at radius 2 is 2.22 bits per heavy atom. The highest BCUT2D eigenvalue weighted by Crippen LogP contribution is 2.30. The summed E-state index contributed by atoms with van der Waals surface area (Å²) in [5.41, 5.74) is -0.321. The zero-order valence-electron chi connectivity index (χ0n) is 10.2. The molecule has 0 bridgehead atoms. The normalized spacial score (nSPS) is 18.2. The van der Waals surface area contributed by atoms with Crippen molar-refractivity contribution in [2.45, 2.75) is 19.8 Å². The number of likely N-dealkylation sites (tertiary alicyclic amines) is 1. The number of halogens is 1. The molecule has 1 aromatic rings. The fraction of sp³-hybridized carbons (Fsp3) is 0.462. The Labute approximate surface area is 105 Å². The molecule has 0 unspecified atom stereocenters. The molecule has 5 heteroatoms. The van der Waals surface area contributed by atoms with E-state index in [0.29, 0.717) is 25.9 Å². The molecule has 1 aliphatic heterocycles. The van der Waals surface area contributed by atoms with Gasteiger partial charge in [0, 0.05) is 19.3 Å². The Bertz CT molecular complexity index is 501.